The molecule has 2 amide bonds. The number of hydrogen-bond acceptors (Lipinski definition) is 4. The Morgan fingerprint density at radius 2 is 2.29 bits per heavy atom. The second-order valence-corrected chi connectivity index (χ2v) is 6.64. The molecule has 0 bridgehead atoms. The molecule has 4 N–H and O–H groups in total. The minimum absolute atomic E-state index is 0.00979. The van der Waals surface area contributed by atoms with E-state index >= 15 is 0 Å². The van der Waals surface area contributed by atoms with Crippen molar-refractivity contribution in [1.82, 2.24) is 10.6 Å². The summed E-state index contributed by atoms with van der Waals surface area (Å²) in [5, 5.41) is 26.0. The number of carboxylic acid groups (broad SMARTS) is 1. The molecule has 0 radical (unpaired) electrons. The highest BCUT2D eigenvalue weighted by Crippen LogP contribution is 2.33. The summed E-state index contributed by atoms with van der Waals surface area (Å²) < 4.78 is 0. The number of carbonyl (C=O) groups excluding carboxylic acids is 1. The average Bonchev–Trinajstić information content (AvgIpc) is 2.84. The van der Waals surface area contributed by atoms with Gasteiger partial charge in [0.1, 0.15) is 0 Å². The molecule has 1 heterocycles. The molecule has 116 valence electrons. The number of aliphatic carboxylic acids is 1. The lowest BCUT2D eigenvalue weighted by Crippen LogP contribution is -2.46. The zero-order chi connectivity index (χ0) is 15.5. The van der Waals surface area contributed by atoms with Crippen molar-refractivity contribution in [3.63, 3.8) is 0 Å². The van der Waals surface area contributed by atoms with Gasteiger partial charge in [-0.1, -0.05) is 0 Å². The molecule has 2 atom stereocenters. The quantitative estimate of drug-likeness (QED) is 0.664. The maximum absolute atomic E-state index is 11.9. The van der Waals surface area contributed by atoms with Crippen LogP contribution >= 0.6 is 11.3 Å². The van der Waals surface area contributed by atoms with Gasteiger partial charge in [-0.15, -0.1) is 11.3 Å². The number of hydrogen-bond donors (Lipinski definition) is 4. The molecule has 1 aromatic heterocycles. The summed E-state index contributed by atoms with van der Waals surface area (Å²) in [5.74, 6) is -1.10. The third-order valence-corrected chi connectivity index (χ3v) is 4.52. The molecule has 2 unspecified atom stereocenters. The number of carboxylic acids is 1. The largest absolute Gasteiger partial charge is 0.481 e. The summed E-state index contributed by atoms with van der Waals surface area (Å²) in [5.41, 5.74) is -0.290. The van der Waals surface area contributed by atoms with Gasteiger partial charge in [-0.3, -0.25) is 4.79 Å². The zero-order valence-corrected chi connectivity index (χ0v) is 12.7. The summed E-state index contributed by atoms with van der Waals surface area (Å²) in [6.45, 7) is 1.29. The van der Waals surface area contributed by atoms with Gasteiger partial charge in [0.2, 0.25) is 0 Å². The first kappa shape index (κ1) is 15.8. The monoisotopic (exact) mass is 312 g/mol. The molecule has 21 heavy (non-hydrogen) atoms. The predicted molar refractivity (Wildman–Crippen MR) is 79.4 cm³/mol. The molecule has 1 aliphatic rings. The van der Waals surface area contributed by atoms with E-state index in [1.54, 1.807) is 11.3 Å². The van der Waals surface area contributed by atoms with Crippen molar-refractivity contribution in [1.29, 1.82) is 0 Å². The lowest BCUT2D eigenvalue weighted by molar-refractivity contribution is -0.141. The predicted octanol–water partition coefficient (Wildman–Crippen LogP) is 1.65. The van der Waals surface area contributed by atoms with E-state index in [2.05, 4.69) is 10.6 Å². The fraction of sp³-hybridized carbons (Fsp3) is 0.571. The van der Waals surface area contributed by atoms with Gasteiger partial charge in [0, 0.05) is 11.4 Å². The van der Waals surface area contributed by atoms with Crippen LogP contribution in [0.15, 0.2) is 11.4 Å². The number of aryl methyl sites for hydroxylation is 1. The van der Waals surface area contributed by atoms with Crippen molar-refractivity contribution < 1.29 is 19.8 Å². The Labute approximate surface area is 127 Å². The SMILES string of the molecule is CC(O)(CNC(=O)NC1CCCc2sccc21)CC(=O)O. The van der Waals surface area contributed by atoms with Crippen LogP contribution in [0.2, 0.25) is 0 Å². The van der Waals surface area contributed by atoms with E-state index in [-0.39, 0.29) is 18.6 Å². The van der Waals surface area contributed by atoms with Gasteiger partial charge < -0.3 is 20.8 Å². The molecule has 6 nitrogen and oxygen atoms in total. The van der Waals surface area contributed by atoms with Gasteiger partial charge in [0.05, 0.1) is 18.1 Å². The summed E-state index contributed by atoms with van der Waals surface area (Å²) in [7, 11) is 0. The van der Waals surface area contributed by atoms with Crippen LogP contribution in [0.3, 0.4) is 0 Å². The molecule has 0 saturated heterocycles. The first-order valence-corrected chi connectivity index (χ1v) is 7.80. The fourth-order valence-electron chi connectivity index (χ4n) is 2.50. The molecule has 2 rings (SSSR count). The van der Waals surface area contributed by atoms with Crippen molar-refractivity contribution in [2.24, 2.45) is 0 Å². The zero-order valence-electron chi connectivity index (χ0n) is 11.9. The Kier molecular flexibility index (Phi) is 4.84. The van der Waals surface area contributed by atoms with Gasteiger partial charge >= 0.3 is 12.0 Å². The minimum atomic E-state index is -1.46. The van der Waals surface area contributed by atoms with Crippen LogP contribution in [0.4, 0.5) is 4.79 Å². The maximum Gasteiger partial charge on any atom is 0.315 e. The van der Waals surface area contributed by atoms with Crippen molar-refractivity contribution in [2.45, 2.75) is 44.2 Å². The minimum Gasteiger partial charge on any atom is -0.481 e. The Hall–Kier alpha value is -1.60. The van der Waals surface area contributed by atoms with Crippen LogP contribution in [0, 0.1) is 0 Å². The number of nitrogens with one attached hydrogen (secondary N) is 2. The molecule has 1 aromatic rings. The highest BCUT2D eigenvalue weighted by molar-refractivity contribution is 7.10. The molecule has 1 aliphatic carbocycles. The number of amides is 2. The molecule has 0 aliphatic heterocycles. The Morgan fingerprint density at radius 3 is 3.00 bits per heavy atom. The van der Waals surface area contributed by atoms with E-state index in [4.69, 9.17) is 5.11 Å². The van der Waals surface area contributed by atoms with Crippen molar-refractivity contribution in [3.05, 3.63) is 21.9 Å². The lowest BCUT2D eigenvalue weighted by Gasteiger charge is -2.26. The molecular weight excluding hydrogens is 292 g/mol. The van der Waals surface area contributed by atoms with Gasteiger partial charge in [0.15, 0.2) is 0 Å². The van der Waals surface area contributed by atoms with Gasteiger partial charge in [-0.2, -0.15) is 0 Å². The Morgan fingerprint density at radius 1 is 1.52 bits per heavy atom. The van der Waals surface area contributed by atoms with Crippen LogP contribution in [-0.4, -0.2) is 34.4 Å². The lowest BCUT2D eigenvalue weighted by atomic mass is 9.94. The number of urea groups is 1. The van der Waals surface area contributed by atoms with Crippen LogP contribution in [0.25, 0.3) is 0 Å². The van der Waals surface area contributed by atoms with Crippen molar-refractivity contribution in [2.75, 3.05) is 6.54 Å². The van der Waals surface area contributed by atoms with E-state index in [1.807, 2.05) is 11.4 Å². The summed E-state index contributed by atoms with van der Waals surface area (Å²) >= 11 is 1.70. The molecule has 0 spiro atoms. The first-order chi connectivity index (χ1) is 9.87. The van der Waals surface area contributed by atoms with Crippen LogP contribution < -0.4 is 10.6 Å². The summed E-state index contributed by atoms with van der Waals surface area (Å²) in [6.07, 6.45) is 2.57. The van der Waals surface area contributed by atoms with Crippen molar-refractivity contribution >= 4 is 23.3 Å². The van der Waals surface area contributed by atoms with E-state index in [0.717, 1.165) is 19.3 Å². The number of fused-ring (bicyclic) bond motifs is 1. The van der Waals surface area contributed by atoms with Crippen LogP contribution in [0.5, 0.6) is 0 Å². The number of thiophene rings is 1. The van der Waals surface area contributed by atoms with E-state index in [1.165, 1.54) is 17.4 Å². The number of carbonyl (C=O) groups is 2. The maximum atomic E-state index is 11.9. The molecule has 0 fully saturated rings. The second-order valence-electron chi connectivity index (χ2n) is 5.64. The topological polar surface area (TPSA) is 98.7 Å². The smallest absolute Gasteiger partial charge is 0.315 e. The molecule has 0 saturated carbocycles. The normalized spacial score (nSPS) is 20.2. The van der Waals surface area contributed by atoms with E-state index in [0.29, 0.717) is 0 Å². The highest BCUT2D eigenvalue weighted by Gasteiger charge is 2.26. The highest BCUT2D eigenvalue weighted by atomic mass is 32.1. The standard InChI is InChI=1S/C14H20N2O4S/c1-14(20,7-12(17)18)8-15-13(19)16-10-3-2-4-11-9(10)5-6-21-11/h5-6,10,20H,2-4,7-8H2,1H3,(H,17,18)(H2,15,16,19). The molecule has 7 heteroatoms. The van der Waals surface area contributed by atoms with Crippen LogP contribution in [0.1, 0.15) is 42.7 Å². The average molecular weight is 312 g/mol. The summed E-state index contributed by atoms with van der Waals surface area (Å²) in [4.78, 5) is 23.8. The summed E-state index contributed by atoms with van der Waals surface area (Å²) in [6, 6.07) is 1.64. The molecule has 0 aromatic carbocycles. The Balaban J connectivity index is 1.85. The van der Waals surface area contributed by atoms with E-state index < -0.39 is 18.0 Å². The van der Waals surface area contributed by atoms with Crippen LogP contribution in [-0.2, 0) is 11.2 Å². The Bertz CT molecular complexity index is 527. The third kappa shape index (κ3) is 4.44. The second kappa shape index (κ2) is 6.44. The van der Waals surface area contributed by atoms with Gasteiger partial charge in [0.25, 0.3) is 0 Å². The first-order valence-electron chi connectivity index (χ1n) is 6.92. The van der Waals surface area contributed by atoms with Gasteiger partial charge in [-0.05, 0) is 43.2 Å². The third-order valence-electron chi connectivity index (χ3n) is 3.52. The number of rotatable bonds is 5. The number of aliphatic hydroxyl groups is 1. The van der Waals surface area contributed by atoms with E-state index in [9.17, 15) is 14.7 Å². The molecular formula is C14H20N2O4S. The van der Waals surface area contributed by atoms with Crippen molar-refractivity contribution in [3.8, 4) is 0 Å². The van der Waals surface area contributed by atoms with Gasteiger partial charge in [-0.25, -0.2) is 4.79 Å². The fourth-order valence-corrected chi connectivity index (χ4v) is 3.49.